The van der Waals surface area contributed by atoms with E-state index in [0.717, 1.165) is 22.9 Å². The van der Waals surface area contributed by atoms with Crippen LogP contribution < -0.4 is 0 Å². The first kappa shape index (κ1) is 14.9. The first-order chi connectivity index (χ1) is 8.95. The van der Waals surface area contributed by atoms with Crippen molar-refractivity contribution < 1.29 is 9.50 Å². The Kier molecular flexibility index (Phi) is 4.64. The summed E-state index contributed by atoms with van der Waals surface area (Å²) < 4.78 is 13.8. The van der Waals surface area contributed by atoms with Gasteiger partial charge in [-0.05, 0) is 44.6 Å². The topological polar surface area (TPSA) is 23.5 Å². The summed E-state index contributed by atoms with van der Waals surface area (Å²) in [4.78, 5) is 2.15. The van der Waals surface area contributed by atoms with Crippen molar-refractivity contribution in [3.63, 3.8) is 0 Å². The van der Waals surface area contributed by atoms with E-state index in [1.54, 1.807) is 6.07 Å². The molecule has 1 aromatic carbocycles. The number of rotatable bonds is 4. The minimum atomic E-state index is -0.424. The van der Waals surface area contributed by atoms with Crippen LogP contribution >= 0.6 is 15.9 Å². The molecule has 2 nitrogen and oxygen atoms in total. The maximum absolute atomic E-state index is 13.1. The SMILES string of the molecule is CN(C)C1(C(O)Cc2ccc(F)cc2Br)CCCC1. The normalized spacial score (nSPS) is 19.9. The molecular formula is C15H21BrFNO. The highest BCUT2D eigenvalue weighted by molar-refractivity contribution is 9.10. The van der Waals surface area contributed by atoms with Crippen LogP contribution in [0.4, 0.5) is 4.39 Å². The molecule has 0 spiro atoms. The molecule has 0 heterocycles. The third-order valence-corrected chi connectivity index (χ3v) is 5.15. The second-order valence-corrected chi connectivity index (χ2v) is 6.52. The number of aliphatic hydroxyl groups excluding tert-OH is 1. The average molecular weight is 330 g/mol. The van der Waals surface area contributed by atoms with Crippen LogP contribution in [0, 0.1) is 5.82 Å². The van der Waals surface area contributed by atoms with Gasteiger partial charge in [0.2, 0.25) is 0 Å². The Morgan fingerprint density at radius 2 is 2.00 bits per heavy atom. The zero-order chi connectivity index (χ0) is 14.0. The van der Waals surface area contributed by atoms with E-state index in [1.807, 2.05) is 14.1 Å². The Morgan fingerprint density at radius 1 is 1.37 bits per heavy atom. The summed E-state index contributed by atoms with van der Waals surface area (Å²) in [6.45, 7) is 0. The van der Waals surface area contributed by atoms with Crippen molar-refractivity contribution in [1.29, 1.82) is 0 Å². The van der Waals surface area contributed by atoms with E-state index in [1.165, 1.54) is 25.0 Å². The lowest BCUT2D eigenvalue weighted by molar-refractivity contribution is -0.00260. The Hall–Kier alpha value is -0.450. The lowest BCUT2D eigenvalue weighted by Gasteiger charge is -2.40. The molecule has 0 saturated heterocycles. The van der Waals surface area contributed by atoms with Gasteiger partial charge in [0, 0.05) is 16.4 Å². The molecule has 1 aromatic rings. The molecule has 0 aromatic heterocycles. The van der Waals surface area contributed by atoms with Crippen molar-refractivity contribution in [3.05, 3.63) is 34.1 Å². The third kappa shape index (κ3) is 3.01. The fourth-order valence-corrected chi connectivity index (χ4v) is 3.66. The molecule has 2 rings (SSSR count). The summed E-state index contributed by atoms with van der Waals surface area (Å²) in [6.07, 6.45) is 4.52. The van der Waals surface area contributed by atoms with Gasteiger partial charge in [0.25, 0.3) is 0 Å². The Balaban J connectivity index is 2.17. The van der Waals surface area contributed by atoms with Gasteiger partial charge in [-0.1, -0.05) is 34.8 Å². The predicted molar refractivity (Wildman–Crippen MR) is 78.7 cm³/mol. The molecule has 4 heteroatoms. The zero-order valence-corrected chi connectivity index (χ0v) is 13.1. The highest BCUT2D eigenvalue weighted by atomic mass is 79.9. The Bertz CT molecular complexity index is 444. The van der Waals surface area contributed by atoms with Gasteiger partial charge >= 0.3 is 0 Å². The van der Waals surface area contributed by atoms with Gasteiger partial charge in [-0.25, -0.2) is 4.39 Å². The second kappa shape index (κ2) is 5.90. The molecule has 1 aliphatic rings. The third-order valence-electron chi connectivity index (χ3n) is 4.41. The second-order valence-electron chi connectivity index (χ2n) is 5.66. The molecule has 1 atom stereocenters. The maximum atomic E-state index is 13.1. The number of nitrogens with zero attached hydrogens (tertiary/aromatic N) is 1. The molecule has 1 fully saturated rings. The zero-order valence-electron chi connectivity index (χ0n) is 11.5. The Morgan fingerprint density at radius 3 is 2.53 bits per heavy atom. The number of halogens is 2. The molecule has 0 aliphatic heterocycles. The molecule has 19 heavy (non-hydrogen) atoms. The highest BCUT2D eigenvalue weighted by Gasteiger charge is 2.42. The van der Waals surface area contributed by atoms with Crippen molar-refractivity contribution in [2.24, 2.45) is 0 Å². The van der Waals surface area contributed by atoms with Crippen LogP contribution in [0.3, 0.4) is 0 Å². The average Bonchev–Trinajstić information content (AvgIpc) is 2.83. The number of benzene rings is 1. The molecule has 1 saturated carbocycles. The van der Waals surface area contributed by atoms with E-state index < -0.39 is 6.10 Å². The van der Waals surface area contributed by atoms with Crippen LogP contribution in [0.15, 0.2) is 22.7 Å². The largest absolute Gasteiger partial charge is 0.391 e. The summed E-state index contributed by atoms with van der Waals surface area (Å²) in [5.41, 5.74) is 0.829. The highest BCUT2D eigenvalue weighted by Crippen LogP contribution is 2.38. The van der Waals surface area contributed by atoms with Crippen molar-refractivity contribution in [2.45, 2.75) is 43.7 Å². The predicted octanol–water partition coefficient (Wildman–Crippen LogP) is 3.37. The van der Waals surface area contributed by atoms with Crippen molar-refractivity contribution in [1.82, 2.24) is 4.90 Å². The van der Waals surface area contributed by atoms with E-state index in [0.29, 0.717) is 6.42 Å². The minimum Gasteiger partial charge on any atom is -0.391 e. The fourth-order valence-electron chi connectivity index (χ4n) is 3.15. The maximum Gasteiger partial charge on any atom is 0.124 e. The molecule has 1 unspecified atom stereocenters. The van der Waals surface area contributed by atoms with Gasteiger partial charge < -0.3 is 10.0 Å². The van der Waals surface area contributed by atoms with E-state index in [9.17, 15) is 9.50 Å². The summed E-state index contributed by atoms with van der Waals surface area (Å²) in [5, 5.41) is 10.7. The van der Waals surface area contributed by atoms with Crippen LogP contribution in [0.1, 0.15) is 31.2 Å². The van der Waals surface area contributed by atoms with E-state index in [2.05, 4.69) is 20.8 Å². The van der Waals surface area contributed by atoms with Gasteiger partial charge in [0.1, 0.15) is 5.82 Å². The van der Waals surface area contributed by atoms with E-state index in [4.69, 9.17) is 0 Å². The van der Waals surface area contributed by atoms with Crippen molar-refractivity contribution in [3.8, 4) is 0 Å². The van der Waals surface area contributed by atoms with Gasteiger partial charge in [0.15, 0.2) is 0 Å². The van der Waals surface area contributed by atoms with Crippen molar-refractivity contribution >= 4 is 15.9 Å². The fraction of sp³-hybridized carbons (Fsp3) is 0.600. The van der Waals surface area contributed by atoms with Crippen LogP contribution in [0.5, 0.6) is 0 Å². The number of hydrogen-bond acceptors (Lipinski definition) is 2. The van der Waals surface area contributed by atoms with E-state index >= 15 is 0 Å². The first-order valence-corrected chi connectivity index (χ1v) is 7.54. The van der Waals surface area contributed by atoms with E-state index in [-0.39, 0.29) is 11.4 Å². The van der Waals surface area contributed by atoms with Crippen molar-refractivity contribution in [2.75, 3.05) is 14.1 Å². The lowest BCUT2D eigenvalue weighted by atomic mass is 9.85. The van der Waals surface area contributed by atoms with Gasteiger partial charge in [-0.15, -0.1) is 0 Å². The van der Waals surface area contributed by atoms with Crippen LogP contribution in [0.25, 0.3) is 0 Å². The summed E-state index contributed by atoms with van der Waals surface area (Å²) in [6, 6.07) is 4.66. The first-order valence-electron chi connectivity index (χ1n) is 6.75. The quantitative estimate of drug-likeness (QED) is 0.915. The van der Waals surface area contributed by atoms with Gasteiger partial charge in [-0.2, -0.15) is 0 Å². The number of likely N-dealkylation sites (N-methyl/N-ethyl adjacent to an activating group) is 1. The summed E-state index contributed by atoms with van der Waals surface area (Å²) >= 11 is 3.37. The smallest absolute Gasteiger partial charge is 0.124 e. The molecular weight excluding hydrogens is 309 g/mol. The minimum absolute atomic E-state index is 0.131. The number of aliphatic hydroxyl groups is 1. The van der Waals surface area contributed by atoms with Gasteiger partial charge in [0.05, 0.1) is 6.10 Å². The monoisotopic (exact) mass is 329 g/mol. The van der Waals surface area contributed by atoms with Crippen LogP contribution in [-0.2, 0) is 6.42 Å². The molecule has 0 radical (unpaired) electrons. The number of hydrogen-bond donors (Lipinski definition) is 1. The summed E-state index contributed by atoms with van der Waals surface area (Å²) in [5.74, 6) is -0.256. The molecule has 106 valence electrons. The molecule has 0 bridgehead atoms. The van der Waals surface area contributed by atoms with Crippen LogP contribution in [0.2, 0.25) is 0 Å². The summed E-state index contributed by atoms with van der Waals surface area (Å²) in [7, 11) is 4.07. The molecule has 1 N–H and O–H groups in total. The van der Waals surface area contributed by atoms with Gasteiger partial charge in [-0.3, -0.25) is 0 Å². The van der Waals surface area contributed by atoms with Crippen LogP contribution in [-0.4, -0.2) is 35.7 Å². The lowest BCUT2D eigenvalue weighted by Crippen LogP contribution is -2.52. The standard InChI is InChI=1S/C15H21BrFNO/c1-18(2)15(7-3-4-8-15)14(19)9-11-5-6-12(17)10-13(11)16/h5-6,10,14,19H,3-4,7-9H2,1-2H3. The molecule has 0 amide bonds. The molecule has 1 aliphatic carbocycles. The Labute approximate surface area is 122 Å².